The van der Waals surface area contributed by atoms with E-state index in [-0.39, 0.29) is 25.7 Å². The van der Waals surface area contributed by atoms with E-state index >= 15 is 0 Å². The van der Waals surface area contributed by atoms with Crippen molar-refractivity contribution in [2.24, 2.45) is 17.8 Å². The third-order valence-electron chi connectivity index (χ3n) is 19.6. The molecule has 3 N–H and O–H groups in total. The summed E-state index contributed by atoms with van der Waals surface area (Å²) < 4.78 is 68.8. The maximum Gasteiger partial charge on any atom is 0.472 e. The van der Waals surface area contributed by atoms with Gasteiger partial charge in [0, 0.05) is 25.7 Å². The molecular weight excluding hydrogens is 1340 g/mol. The van der Waals surface area contributed by atoms with Crippen molar-refractivity contribution in [1.29, 1.82) is 0 Å². The summed E-state index contributed by atoms with van der Waals surface area (Å²) in [6, 6.07) is 0. The molecule has 103 heavy (non-hydrogen) atoms. The van der Waals surface area contributed by atoms with Crippen molar-refractivity contribution in [2.75, 3.05) is 39.6 Å². The summed E-state index contributed by atoms with van der Waals surface area (Å²) in [5.74, 6) is 0.310. The largest absolute Gasteiger partial charge is 0.472 e. The number of hydrogen-bond acceptors (Lipinski definition) is 15. The molecule has 0 aliphatic carbocycles. The van der Waals surface area contributed by atoms with E-state index < -0.39 is 97.5 Å². The molecule has 17 nitrogen and oxygen atoms in total. The number of esters is 4. The molecule has 612 valence electrons. The number of carbonyl (C=O) groups is 4. The predicted molar refractivity (Wildman–Crippen MR) is 423 cm³/mol. The fourth-order valence-corrected chi connectivity index (χ4v) is 14.6. The Bertz CT molecular complexity index is 1990. The van der Waals surface area contributed by atoms with Crippen molar-refractivity contribution in [3.8, 4) is 0 Å². The lowest BCUT2D eigenvalue weighted by molar-refractivity contribution is -0.161. The van der Waals surface area contributed by atoms with Gasteiger partial charge in [-0.25, -0.2) is 9.13 Å². The Hall–Kier alpha value is -1.94. The van der Waals surface area contributed by atoms with Gasteiger partial charge in [-0.3, -0.25) is 37.3 Å². The van der Waals surface area contributed by atoms with Crippen LogP contribution in [0.4, 0.5) is 0 Å². The molecular formula is C84H164O17P2. The number of phosphoric ester groups is 2. The topological polar surface area (TPSA) is 237 Å². The third kappa shape index (κ3) is 78.0. The zero-order chi connectivity index (χ0) is 75.8. The van der Waals surface area contributed by atoms with Gasteiger partial charge in [-0.2, -0.15) is 0 Å². The molecule has 0 radical (unpaired) electrons. The molecule has 0 saturated heterocycles. The van der Waals surface area contributed by atoms with Crippen LogP contribution < -0.4 is 0 Å². The zero-order valence-corrected chi connectivity index (χ0v) is 69.6. The quantitative estimate of drug-likeness (QED) is 0.0222. The van der Waals surface area contributed by atoms with Crippen LogP contribution in [-0.4, -0.2) is 96.7 Å². The normalized spacial score (nSPS) is 13.9. The van der Waals surface area contributed by atoms with E-state index in [0.29, 0.717) is 25.7 Å². The summed E-state index contributed by atoms with van der Waals surface area (Å²) in [7, 11) is -9.92. The molecule has 0 aromatic carbocycles. The van der Waals surface area contributed by atoms with E-state index in [9.17, 15) is 43.2 Å². The van der Waals surface area contributed by atoms with Crippen molar-refractivity contribution in [1.82, 2.24) is 0 Å². The van der Waals surface area contributed by atoms with Gasteiger partial charge in [0.15, 0.2) is 12.2 Å². The van der Waals surface area contributed by atoms with E-state index in [1.807, 2.05) is 0 Å². The lowest BCUT2D eigenvalue weighted by Crippen LogP contribution is -2.30. The number of hydrogen-bond donors (Lipinski definition) is 3. The summed E-state index contributed by atoms with van der Waals surface area (Å²) in [5.41, 5.74) is 0. The molecule has 0 aliphatic rings. The van der Waals surface area contributed by atoms with Crippen molar-refractivity contribution in [3.63, 3.8) is 0 Å². The molecule has 0 aromatic rings. The molecule has 0 spiro atoms. The summed E-state index contributed by atoms with van der Waals surface area (Å²) in [6.45, 7) is 12.0. The molecule has 0 saturated carbocycles. The Balaban J connectivity index is 5.19. The highest BCUT2D eigenvalue weighted by Gasteiger charge is 2.30. The first-order chi connectivity index (χ1) is 49.7. The number of aliphatic hydroxyl groups excluding tert-OH is 1. The van der Waals surface area contributed by atoms with Gasteiger partial charge in [-0.1, -0.05) is 389 Å². The summed E-state index contributed by atoms with van der Waals surface area (Å²) in [4.78, 5) is 73.1. The van der Waals surface area contributed by atoms with Crippen molar-refractivity contribution in [2.45, 2.75) is 458 Å². The van der Waals surface area contributed by atoms with E-state index in [4.69, 9.17) is 37.0 Å². The molecule has 0 heterocycles. The second kappa shape index (κ2) is 74.2. The average Bonchev–Trinajstić information content (AvgIpc) is 0.952. The van der Waals surface area contributed by atoms with E-state index in [1.54, 1.807) is 0 Å². The van der Waals surface area contributed by atoms with Crippen LogP contribution in [0.3, 0.4) is 0 Å². The molecule has 19 heteroatoms. The van der Waals surface area contributed by atoms with Gasteiger partial charge in [-0.15, -0.1) is 0 Å². The van der Waals surface area contributed by atoms with Crippen LogP contribution in [0.25, 0.3) is 0 Å². The molecule has 2 unspecified atom stereocenters. The lowest BCUT2D eigenvalue weighted by atomic mass is 10.0. The second-order valence-electron chi connectivity index (χ2n) is 31.6. The molecule has 0 aliphatic heterocycles. The molecule has 0 aromatic heterocycles. The Morgan fingerprint density at radius 3 is 0.660 bits per heavy atom. The summed E-state index contributed by atoms with van der Waals surface area (Å²) in [5, 5.41) is 10.7. The first-order valence-corrected chi connectivity index (χ1v) is 46.3. The molecule has 0 rings (SSSR count). The van der Waals surface area contributed by atoms with Gasteiger partial charge in [0.25, 0.3) is 0 Å². The van der Waals surface area contributed by atoms with E-state index in [2.05, 4.69) is 48.5 Å². The van der Waals surface area contributed by atoms with E-state index in [0.717, 1.165) is 114 Å². The number of unbranched alkanes of at least 4 members (excludes halogenated alkanes) is 50. The van der Waals surface area contributed by atoms with Gasteiger partial charge in [0.05, 0.1) is 26.4 Å². The highest BCUT2D eigenvalue weighted by atomic mass is 31.2. The Morgan fingerprint density at radius 2 is 0.447 bits per heavy atom. The number of rotatable bonds is 82. The molecule has 0 amide bonds. The lowest BCUT2D eigenvalue weighted by Gasteiger charge is -2.21. The monoisotopic (exact) mass is 1510 g/mol. The van der Waals surface area contributed by atoms with Gasteiger partial charge in [0.1, 0.15) is 19.3 Å². The first kappa shape index (κ1) is 101. The Morgan fingerprint density at radius 1 is 0.262 bits per heavy atom. The SMILES string of the molecule is CCCCCCCCCCC(=O)OC[C@H](COP(=O)(O)OC[C@H](O)COP(=O)(O)OC[C@@H](COC(=O)CCCCCCCCCCCCCCCCCC(C)C)OC(=O)CCCCCCCCCCCCCCCCCCC(C)C)OC(=O)CCCCCCCCCCCCCCCCCC(C)C. The molecule has 0 bridgehead atoms. The number of phosphoric acid groups is 2. The smallest absolute Gasteiger partial charge is 0.462 e. The van der Waals surface area contributed by atoms with Crippen molar-refractivity contribution >= 4 is 39.5 Å². The maximum atomic E-state index is 13.1. The highest BCUT2D eigenvalue weighted by molar-refractivity contribution is 7.47. The number of ether oxygens (including phenoxy) is 4. The van der Waals surface area contributed by atoms with Crippen LogP contribution in [-0.2, 0) is 65.4 Å². The standard InChI is InChI=1S/C84H164O17P2/c1-8-9-10-11-12-44-51-58-65-81(86)94-71-79(100-83(88)67-61-54-47-40-34-28-22-16-19-25-31-37-43-50-57-64-77(6)7)73-98-102(90,91)96-69-78(85)70-97-103(92,93)99-74-80(72-95-82(87)66-59-52-45-38-32-26-21-15-18-24-30-36-42-49-56-63-76(4)5)101-84(89)68-60-53-46-39-33-27-20-14-13-17-23-29-35-41-48-55-62-75(2)3/h75-80,85H,8-74H2,1-7H3,(H,90,91)(H,92,93)/t78-,79+,80+/m0/s1. The third-order valence-corrected chi connectivity index (χ3v) is 21.5. The van der Waals surface area contributed by atoms with Crippen LogP contribution in [0.2, 0.25) is 0 Å². The fourth-order valence-electron chi connectivity index (χ4n) is 13.0. The molecule has 0 fully saturated rings. The van der Waals surface area contributed by atoms with Crippen molar-refractivity contribution in [3.05, 3.63) is 0 Å². The Kier molecular flexibility index (Phi) is 72.8. The minimum Gasteiger partial charge on any atom is -0.462 e. The zero-order valence-electron chi connectivity index (χ0n) is 67.8. The summed E-state index contributed by atoms with van der Waals surface area (Å²) >= 11 is 0. The van der Waals surface area contributed by atoms with Crippen LogP contribution >= 0.6 is 15.6 Å². The van der Waals surface area contributed by atoms with Crippen LogP contribution in [0.15, 0.2) is 0 Å². The fraction of sp³-hybridized carbons (Fsp3) is 0.952. The van der Waals surface area contributed by atoms with Crippen molar-refractivity contribution < 1.29 is 80.2 Å². The highest BCUT2D eigenvalue weighted by Crippen LogP contribution is 2.45. The number of aliphatic hydroxyl groups is 1. The number of carbonyl (C=O) groups excluding carboxylic acids is 4. The van der Waals surface area contributed by atoms with Gasteiger partial charge in [-0.05, 0) is 43.4 Å². The average molecular weight is 1510 g/mol. The second-order valence-corrected chi connectivity index (χ2v) is 34.6. The van der Waals surface area contributed by atoms with Gasteiger partial charge >= 0.3 is 39.5 Å². The molecule has 5 atom stereocenters. The predicted octanol–water partition coefficient (Wildman–Crippen LogP) is 25.3. The van der Waals surface area contributed by atoms with E-state index in [1.165, 1.54) is 244 Å². The summed E-state index contributed by atoms with van der Waals surface area (Å²) in [6.07, 6.45) is 63.9. The van der Waals surface area contributed by atoms with Crippen LogP contribution in [0.1, 0.15) is 440 Å². The maximum absolute atomic E-state index is 13.1. The van der Waals surface area contributed by atoms with Crippen LogP contribution in [0, 0.1) is 17.8 Å². The van der Waals surface area contributed by atoms with Gasteiger partial charge < -0.3 is 33.8 Å². The minimum absolute atomic E-state index is 0.108. The van der Waals surface area contributed by atoms with Crippen LogP contribution in [0.5, 0.6) is 0 Å². The minimum atomic E-state index is -4.96. The first-order valence-electron chi connectivity index (χ1n) is 43.3. The van der Waals surface area contributed by atoms with Gasteiger partial charge in [0.2, 0.25) is 0 Å². The Labute approximate surface area is 632 Å².